The number of hydrogen-bond acceptors (Lipinski definition) is 8. The van der Waals surface area contributed by atoms with Crippen LogP contribution < -0.4 is 10.5 Å². The fourth-order valence-electron chi connectivity index (χ4n) is 4.49. The largest absolute Gasteiger partial charge is 0.450 e. The highest BCUT2D eigenvalue weighted by Crippen LogP contribution is 2.35. The molecule has 2 aromatic heterocycles. The van der Waals surface area contributed by atoms with E-state index in [0.717, 1.165) is 22.9 Å². The Bertz CT molecular complexity index is 1570. The summed E-state index contributed by atoms with van der Waals surface area (Å²) in [5, 5.41) is 0.548. The highest BCUT2D eigenvalue weighted by Gasteiger charge is 2.34. The van der Waals surface area contributed by atoms with Gasteiger partial charge in [0.05, 0.1) is 23.6 Å². The Kier molecular flexibility index (Phi) is 7.92. The van der Waals surface area contributed by atoms with Crippen LogP contribution in [-0.2, 0) is 16.1 Å². The molecule has 0 bridgehead atoms. The zero-order valence-electron chi connectivity index (χ0n) is 21.4. The van der Waals surface area contributed by atoms with Crippen LogP contribution in [0.15, 0.2) is 52.3 Å². The molecule has 3 aromatic rings. The average Bonchev–Trinajstić information content (AvgIpc) is 3.19. The molecule has 0 unspecified atom stereocenters. The number of aryl methyl sites for hydroxylation is 1. The van der Waals surface area contributed by atoms with Crippen LogP contribution in [0.3, 0.4) is 0 Å². The van der Waals surface area contributed by atoms with Crippen LogP contribution in [0.25, 0.3) is 11.7 Å². The number of thiocarbonyl (C=S) groups is 1. The Morgan fingerprint density at radius 3 is 2.62 bits per heavy atom. The van der Waals surface area contributed by atoms with Crippen molar-refractivity contribution in [3.63, 3.8) is 0 Å². The molecule has 5 rings (SSSR count). The van der Waals surface area contributed by atoms with Gasteiger partial charge in [0.25, 0.3) is 11.5 Å². The number of anilines is 1. The topological polar surface area (TPSA) is 87.5 Å². The lowest BCUT2D eigenvalue weighted by molar-refractivity contribution is -0.122. The number of piperazine rings is 1. The number of ether oxygens (including phenoxy) is 1. The van der Waals surface area contributed by atoms with Gasteiger partial charge in [-0.25, -0.2) is 9.78 Å². The van der Waals surface area contributed by atoms with E-state index >= 15 is 0 Å². The lowest BCUT2D eigenvalue weighted by atomic mass is 10.2. The van der Waals surface area contributed by atoms with Crippen LogP contribution in [0.5, 0.6) is 0 Å². The molecule has 2 aliphatic heterocycles. The predicted octanol–water partition coefficient (Wildman–Crippen LogP) is 4.34. The molecule has 0 aliphatic carbocycles. The summed E-state index contributed by atoms with van der Waals surface area (Å²) in [5.41, 5.74) is 2.18. The van der Waals surface area contributed by atoms with Gasteiger partial charge in [-0.05, 0) is 43.2 Å². The zero-order chi connectivity index (χ0) is 27.7. The Labute approximate surface area is 240 Å². The van der Waals surface area contributed by atoms with E-state index in [1.807, 2.05) is 36.1 Å². The summed E-state index contributed by atoms with van der Waals surface area (Å²) in [7, 11) is 0. The van der Waals surface area contributed by atoms with E-state index in [0.29, 0.717) is 64.1 Å². The van der Waals surface area contributed by atoms with Crippen LogP contribution in [0.2, 0.25) is 5.02 Å². The second-order valence-electron chi connectivity index (χ2n) is 9.12. The monoisotopic (exact) mass is 583 g/mol. The summed E-state index contributed by atoms with van der Waals surface area (Å²) in [6.07, 6.45) is 2.96. The molecule has 1 aromatic carbocycles. The lowest BCUT2D eigenvalue weighted by Gasteiger charge is -2.35. The molecule has 4 heterocycles. The first-order valence-electron chi connectivity index (χ1n) is 12.4. The van der Waals surface area contributed by atoms with Crippen molar-refractivity contribution >= 4 is 69.4 Å². The van der Waals surface area contributed by atoms with Gasteiger partial charge in [-0.2, -0.15) is 0 Å². The van der Waals surface area contributed by atoms with E-state index in [9.17, 15) is 14.4 Å². The van der Waals surface area contributed by atoms with E-state index < -0.39 is 0 Å². The van der Waals surface area contributed by atoms with Crippen molar-refractivity contribution in [2.75, 3.05) is 37.7 Å². The Hall–Kier alpha value is -3.41. The molecule has 2 fully saturated rings. The van der Waals surface area contributed by atoms with Crippen LogP contribution >= 0.6 is 35.6 Å². The number of aromatic nitrogens is 2. The van der Waals surface area contributed by atoms with E-state index in [2.05, 4.69) is 0 Å². The Morgan fingerprint density at radius 2 is 1.90 bits per heavy atom. The molecular formula is C27H26ClN5O4S2. The number of carbonyl (C=O) groups excluding carboxylic acids is 2. The summed E-state index contributed by atoms with van der Waals surface area (Å²) in [6.45, 7) is 5.97. The third kappa shape index (κ3) is 5.52. The van der Waals surface area contributed by atoms with Crippen molar-refractivity contribution in [3.8, 4) is 0 Å². The van der Waals surface area contributed by atoms with Gasteiger partial charge in [-0.3, -0.25) is 18.9 Å². The summed E-state index contributed by atoms with van der Waals surface area (Å²) in [4.78, 5) is 49.6. The summed E-state index contributed by atoms with van der Waals surface area (Å²) >= 11 is 13.0. The smallest absolute Gasteiger partial charge is 0.409 e. The van der Waals surface area contributed by atoms with Crippen molar-refractivity contribution in [1.82, 2.24) is 19.2 Å². The van der Waals surface area contributed by atoms with Gasteiger partial charge >= 0.3 is 6.09 Å². The summed E-state index contributed by atoms with van der Waals surface area (Å²) in [6, 6.07) is 11.0. The maximum atomic E-state index is 13.8. The highest BCUT2D eigenvalue weighted by molar-refractivity contribution is 8.26. The first-order valence-corrected chi connectivity index (χ1v) is 14.1. The number of benzene rings is 1. The zero-order valence-corrected chi connectivity index (χ0v) is 23.8. The maximum Gasteiger partial charge on any atom is 0.409 e. The molecule has 0 atom stereocenters. The maximum absolute atomic E-state index is 13.8. The van der Waals surface area contributed by atoms with E-state index in [4.69, 9.17) is 33.5 Å². The Morgan fingerprint density at radius 1 is 1.15 bits per heavy atom. The number of amides is 2. The number of fused-ring (bicyclic) bond motifs is 1. The molecule has 2 saturated heterocycles. The van der Waals surface area contributed by atoms with Gasteiger partial charge in [0.1, 0.15) is 15.8 Å². The minimum Gasteiger partial charge on any atom is -0.450 e. The van der Waals surface area contributed by atoms with E-state index in [1.165, 1.54) is 9.30 Å². The molecule has 12 heteroatoms. The van der Waals surface area contributed by atoms with Crippen molar-refractivity contribution in [3.05, 3.63) is 79.6 Å². The van der Waals surface area contributed by atoms with Crippen LogP contribution in [0.4, 0.5) is 10.6 Å². The molecule has 0 saturated carbocycles. The van der Waals surface area contributed by atoms with Gasteiger partial charge in [-0.1, -0.05) is 59.8 Å². The summed E-state index contributed by atoms with van der Waals surface area (Å²) < 4.78 is 7.01. The van der Waals surface area contributed by atoms with Crippen molar-refractivity contribution in [2.24, 2.45) is 0 Å². The molecule has 2 amide bonds. The van der Waals surface area contributed by atoms with Gasteiger partial charge in [-0.15, -0.1) is 0 Å². The fraction of sp³-hybridized carbons (Fsp3) is 0.296. The standard InChI is InChI=1S/C27H26ClN5O4S2/c1-3-37-26(36)31-12-10-30(11-13-31)23-19(24(34)32-15-17(2)8-9-22(32)29-23)14-21-25(35)33(27(38)39-21)16-18-6-4-5-7-20(18)28/h4-9,14-15H,3,10-13,16H2,1-2H3. The normalized spacial score (nSPS) is 17.0. The number of thioether (sulfide) groups is 1. The summed E-state index contributed by atoms with van der Waals surface area (Å²) in [5.74, 6) is 0.167. The number of hydrogen-bond donors (Lipinski definition) is 0. The lowest BCUT2D eigenvalue weighted by Crippen LogP contribution is -2.49. The molecule has 9 nitrogen and oxygen atoms in total. The van der Waals surface area contributed by atoms with Crippen molar-refractivity contribution in [1.29, 1.82) is 0 Å². The van der Waals surface area contributed by atoms with E-state index in [1.54, 1.807) is 36.2 Å². The molecule has 202 valence electrons. The van der Waals surface area contributed by atoms with Gasteiger partial charge in [0.15, 0.2) is 0 Å². The number of carbonyl (C=O) groups is 2. The quantitative estimate of drug-likeness (QED) is 0.324. The Balaban J connectivity index is 1.51. The SMILES string of the molecule is CCOC(=O)N1CCN(c2nc3ccc(C)cn3c(=O)c2C=C2SC(=S)N(Cc3ccccc3Cl)C2=O)CC1. The first kappa shape index (κ1) is 27.2. The predicted molar refractivity (Wildman–Crippen MR) is 157 cm³/mol. The number of pyridine rings is 1. The van der Waals surface area contributed by atoms with Gasteiger partial charge < -0.3 is 14.5 Å². The second-order valence-corrected chi connectivity index (χ2v) is 11.2. The third-order valence-corrected chi connectivity index (χ3v) is 8.27. The number of halogens is 1. The van der Waals surface area contributed by atoms with Gasteiger partial charge in [0.2, 0.25) is 0 Å². The van der Waals surface area contributed by atoms with Crippen LogP contribution in [-0.4, -0.2) is 68.3 Å². The number of nitrogens with zero attached hydrogens (tertiary/aromatic N) is 5. The molecular weight excluding hydrogens is 558 g/mol. The van der Waals surface area contributed by atoms with Crippen LogP contribution in [0.1, 0.15) is 23.6 Å². The minimum atomic E-state index is -0.360. The fourth-order valence-corrected chi connectivity index (χ4v) is 5.93. The second kappa shape index (κ2) is 11.4. The molecule has 0 N–H and O–H groups in total. The molecule has 2 aliphatic rings. The minimum absolute atomic E-state index is 0.235. The highest BCUT2D eigenvalue weighted by atomic mass is 35.5. The average molecular weight is 584 g/mol. The number of rotatable bonds is 5. The molecule has 39 heavy (non-hydrogen) atoms. The first-order chi connectivity index (χ1) is 18.8. The van der Waals surface area contributed by atoms with Crippen molar-refractivity contribution < 1.29 is 14.3 Å². The van der Waals surface area contributed by atoms with Crippen LogP contribution in [0, 0.1) is 6.92 Å². The molecule has 0 spiro atoms. The third-order valence-electron chi connectivity index (χ3n) is 6.53. The van der Waals surface area contributed by atoms with E-state index in [-0.39, 0.29) is 24.1 Å². The van der Waals surface area contributed by atoms with Gasteiger partial charge in [0, 0.05) is 37.4 Å². The molecule has 0 radical (unpaired) electrons. The van der Waals surface area contributed by atoms with Crippen molar-refractivity contribution in [2.45, 2.75) is 20.4 Å².